The van der Waals surface area contributed by atoms with Crippen molar-refractivity contribution in [3.05, 3.63) is 53.6 Å². The fraction of sp³-hybridized carbons (Fsp3) is 0.294. The highest BCUT2D eigenvalue weighted by Crippen LogP contribution is 2.39. The number of anilines is 1. The van der Waals surface area contributed by atoms with Crippen LogP contribution in [0.1, 0.15) is 17.5 Å². The molecule has 0 N–H and O–H groups in total. The zero-order valence-electron chi connectivity index (χ0n) is 11.3. The molecule has 4 rings (SSSR count). The summed E-state index contributed by atoms with van der Waals surface area (Å²) in [6.07, 6.45) is 2.14. The maximum Gasteiger partial charge on any atom is 0.161 e. The van der Waals surface area contributed by atoms with Crippen LogP contribution in [0.3, 0.4) is 0 Å². The third kappa shape index (κ3) is 1.90. The lowest BCUT2D eigenvalue weighted by Crippen LogP contribution is -2.32. The average molecular weight is 267 g/mol. The van der Waals surface area contributed by atoms with Gasteiger partial charge in [0.05, 0.1) is 6.61 Å². The molecule has 2 aliphatic rings. The van der Waals surface area contributed by atoms with Crippen LogP contribution >= 0.6 is 0 Å². The number of benzene rings is 2. The Labute approximate surface area is 118 Å². The van der Waals surface area contributed by atoms with Crippen molar-refractivity contribution in [2.24, 2.45) is 0 Å². The summed E-state index contributed by atoms with van der Waals surface area (Å²) in [4.78, 5) is 2.25. The molecule has 0 radical (unpaired) electrons. The number of para-hydroxylation sites is 1. The summed E-state index contributed by atoms with van der Waals surface area (Å²) in [5.74, 6) is 2.05. The maximum absolute atomic E-state index is 6.03. The number of ether oxygens (including phenoxy) is 2. The first-order valence-corrected chi connectivity index (χ1v) is 7.12. The SMILES string of the molecule is c1ccc(N2COc3c(ccc4c3CCCO4)C2)cc1. The topological polar surface area (TPSA) is 21.7 Å². The normalized spacial score (nSPS) is 16.7. The predicted molar refractivity (Wildman–Crippen MR) is 78.4 cm³/mol. The maximum atomic E-state index is 6.03. The van der Waals surface area contributed by atoms with Crippen molar-refractivity contribution in [3.63, 3.8) is 0 Å². The van der Waals surface area contributed by atoms with Crippen LogP contribution in [0.25, 0.3) is 0 Å². The summed E-state index contributed by atoms with van der Waals surface area (Å²) in [5, 5.41) is 0. The lowest BCUT2D eigenvalue weighted by Gasteiger charge is -2.33. The van der Waals surface area contributed by atoms with Gasteiger partial charge in [-0.3, -0.25) is 0 Å². The Kier molecular flexibility index (Phi) is 2.76. The molecule has 0 unspecified atom stereocenters. The van der Waals surface area contributed by atoms with Crippen molar-refractivity contribution < 1.29 is 9.47 Å². The summed E-state index contributed by atoms with van der Waals surface area (Å²) in [7, 11) is 0. The third-order valence-electron chi connectivity index (χ3n) is 3.98. The minimum Gasteiger partial charge on any atom is -0.493 e. The van der Waals surface area contributed by atoms with E-state index in [1.54, 1.807) is 0 Å². The Morgan fingerprint density at radius 1 is 0.950 bits per heavy atom. The summed E-state index contributed by atoms with van der Waals surface area (Å²) in [6.45, 7) is 2.32. The van der Waals surface area contributed by atoms with E-state index in [0.29, 0.717) is 6.73 Å². The van der Waals surface area contributed by atoms with E-state index in [-0.39, 0.29) is 0 Å². The molecule has 3 nitrogen and oxygen atoms in total. The van der Waals surface area contributed by atoms with E-state index < -0.39 is 0 Å². The molecule has 102 valence electrons. The lowest BCUT2D eigenvalue weighted by atomic mass is 10.0. The third-order valence-corrected chi connectivity index (χ3v) is 3.98. The Morgan fingerprint density at radius 3 is 2.75 bits per heavy atom. The minimum atomic E-state index is 0.605. The number of rotatable bonds is 1. The van der Waals surface area contributed by atoms with E-state index in [0.717, 1.165) is 37.5 Å². The molecule has 0 fully saturated rings. The van der Waals surface area contributed by atoms with Gasteiger partial charge in [-0.1, -0.05) is 18.2 Å². The van der Waals surface area contributed by atoms with Gasteiger partial charge in [-0.05, 0) is 37.1 Å². The van der Waals surface area contributed by atoms with Crippen LogP contribution in [0.2, 0.25) is 0 Å². The molecule has 0 saturated heterocycles. The van der Waals surface area contributed by atoms with Crippen molar-refractivity contribution in [1.29, 1.82) is 0 Å². The molecule has 2 aromatic rings. The van der Waals surface area contributed by atoms with Crippen LogP contribution in [-0.4, -0.2) is 13.3 Å². The molecule has 0 spiro atoms. The molecular formula is C17H17NO2. The van der Waals surface area contributed by atoms with E-state index in [1.807, 2.05) is 6.07 Å². The quantitative estimate of drug-likeness (QED) is 0.790. The average Bonchev–Trinajstić information content (AvgIpc) is 2.55. The Balaban J connectivity index is 1.67. The van der Waals surface area contributed by atoms with Gasteiger partial charge in [0.1, 0.15) is 11.5 Å². The summed E-state index contributed by atoms with van der Waals surface area (Å²) in [6, 6.07) is 14.6. The second-order valence-electron chi connectivity index (χ2n) is 5.29. The highest BCUT2D eigenvalue weighted by molar-refractivity contribution is 5.55. The van der Waals surface area contributed by atoms with Crippen LogP contribution in [0.5, 0.6) is 11.5 Å². The van der Waals surface area contributed by atoms with Crippen LogP contribution in [0.4, 0.5) is 5.69 Å². The second kappa shape index (κ2) is 4.75. The Bertz CT molecular complexity index is 624. The van der Waals surface area contributed by atoms with Gasteiger partial charge >= 0.3 is 0 Å². The Morgan fingerprint density at radius 2 is 1.85 bits per heavy atom. The first-order valence-electron chi connectivity index (χ1n) is 7.12. The highest BCUT2D eigenvalue weighted by atomic mass is 16.5. The fourth-order valence-corrected chi connectivity index (χ4v) is 2.96. The minimum absolute atomic E-state index is 0.605. The first kappa shape index (κ1) is 11.6. The van der Waals surface area contributed by atoms with E-state index >= 15 is 0 Å². The van der Waals surface area contributed by atoms with Crippen LogP contribution in [-0.2, 0) is 13.0 Å². The molecule has 0 aliphatic carbocycles. The van der Waals surface area contributed by atoms with Crippen LogP contribution in [0, 0.1) is 0 Å². The number of hydrogen-bond acceptors (Lipinski definition) is 3. The van der Waals surface area contributed by atoms with Crippen LogP contribution in [0.15, 0.2) is 42.5 Å². The van der Waals surface area contributed by atoms with Gasteiger partial charge in [-0.15, -0.1) is 0 Å². The van der Waals surface area contributed by atoms with Gasteiger partial charge in [-0.25, -0.2) is 0 Å². The van der Waals surface area contributed by atoms with Gasteiger partial charge in [0.2, 0.25) is 0 Å². The van der Waals surface area contributed by atoms with Gasteiger partial charge in [0.15, 0.2) is 6.73 Å². The van der Waals surface area contributed by atoms with Crippen LogP contribution < -0.4 is 14.4 Å². The standard InChI is InChI=1S/C17H17NO2/c1-2-5-14(6-3-1)18-11-13-8-9-16-15(7-4-10-19-16)17(13)20-12-18/h1-3,5-6,8-9H,4,7,10-12H2. The largest absolute Gasteiger partial charge is 0.493 e. The zero-order chi connectivity index (χ0) is 13.4. The van der Waals surface area contributed by atoms with E-state index in [9.17, 15) is 0 Å². The molecular weight excluding hydrogens is 250 g/mol. The monoisotopic (exact) mass is 267 g/mol. The van der Waals surface area contributed by atoms with Crippen molar-refractivity contribution in [2.75, 3.05) is 18.2 Å². The predicted octanol–water partition coefficient (Wildman–Crippen LogP) is 3.37. The van der Waals surface area contributed by atoms with Gasteiger partial charge < -0.3 is 14.4 Å². The molecule has 0 bridgehead atoms. The van der Waals surface area contributed by atoms with Crippen molar-refractivity contribution in [3.8, 4) is 11.5 Å². The molecule has 2 heterocycles. The highest BCUT2D eigenvalue weighted by Gasteiger charge is 2.24. The molecule has 20 heavy (non-hydrogen) atoms. The molecule has 3 heteroatoms. The van der Waals surface area contributed by atoms with Gasteiger partial charge in [-0.2, -0.15) is 0 Å². The van der Waals surface area contributed by atoms with Crippen molar-refractivity contribution in [2.45, 2.75) is 19.4 Å². The van der Waals surface area contributed by atoms with E-state index in [2.05, 4.69) is 41.3 Å². The molecule has 0 aromatic heterocycles. The van der Waals surface area contributed by atoms with Crippen molar-refractivity contribution in [1.82, 2.24) is 0 Å². The first-order chi connectivity index (χ1) is 9.92. The fourth-order valence-electron chi connectivity index (χ4n) is 2.96. The second-order valence-corrected chi connectivity index (χ2v) is 5.29. The summed E-state index contributed by atoms with van der Waals surface area (Å²) < 4.78 is 11.7. The van der Waals surface area contributed by atoms with Crippen molar-refractivity contribution >= 4 is 5.69 Å². The van der Waals surface area contributed by atoms with E-state index in [4.69, 9.17) is 9.47 Å². The van der Waals surface area contributed by atoms with Gasteiger partial charge in [0.25, 0.3) is 0 Å². The zero-order valence-corrected chi connectivity index (χ0v) is 11.3. The van der Waals surface area contributed by atoms with E-state index in [1.165, 1.54) is 16.8 Å². The Hall–Kier alpha value is -2.16. The summed E-state index contributed by atoms with van der Waals surface area (Å²) in [5.41, 5.74) is 3.71. The molecule has 2 aromatic carbocycles. The number of nitrogens with zero attached hydrogens (tertiary/aromatic N) is 1. The summed E-state index contributed by atoms with van der Waals surface area (Å²) >= 11 is 0. The molecule has 0 saturated carbocycles. The molecule has 2 aliphatic heterocycles. The molecule has 0 atom stereocenters. The number of fused-ring (bicyclic) bond motifs is 3. The smallest absolute Gasteiger partial charge is 0.161 e. The molecule has 0 amide bonds. The van der Waals surface area contributed by atoms with Gasteiger partial charge in [0, 0.05) is 23.4 Å². The lowest BCUT2D eigenvalue weighted by molar-refractivity contribution is 0.260. The number of hydrogen-bond donors (Lipinski definition) is 0.